The van der Waals surface area contributed by atoms with E-state index in [-0.39, 0.29) is 12.3 Å². The van der Waals surface area contributed by atoms with Gasteiger partial charge in [-0.3, -0.25) is 25.2 Å². The molecule has 3 amide bonds. The second kappa shape index (κ2) is 9.32. The Morgan fingerprint density at radius 2 is 1.21 bits per heavy atom. The molecule has 0 atom stereocenters. The van der Waals surface area contributed by atoms with Crippen molar-refractivity contribution < 1.29 is 14.4 Å². The predicted octanol–water partition coefficient (Wildman–Crippen LogP) is 3.25. The summed E-state index contributed by atoms with van der Waals surface area (Å²) in [6, 6.07) is 22.9. The number of rotatable bonds is 5. The van der Waals surface area contributed by atoms with Gasteiger partial charge in [-0.2, -0.15) is 0 Å². The van der Waals surface area contributed by atoms with Gasteiger partial charge in [0.1, 0.15) is 0 Å². The van der Waals surface area contributed by atoms with Crippen molar-refractivity contribution in [3.8, 4) is 0 Å². The molecule has 0 fully saturated rings. The third kappa shape index (κ3) is 5.77. The van der Waals surface area contributed by atoms with Gasteiger partial charge in [0.25, 0.3) is 11.8 Å². The number of hydrazine groups is 1. The Morgan fingerprint density at radius 3 is 1.76 bits per heavy atom. The lowest BCUT2D eigenvalue weighted by Crippen LogP contribution is -2.41. The summed E-state index contributed by atoms with van der Waals surface area (Å²) >= 11 is 0. The van der Waals surface area contributed by atoms with E-state index in [4.69, 9.17) is 0 Å². The largest absolute Gasteiger partial charge is 0.326 e. The Bertz CT molecular complexity index is 998. The predicted molar refractivity (Wildman–Crippen MR) is 111 cm³/mol. The fourth-order valence-corrected chi connectivity index (χ4v) is 2.65. The van der Waals surface area contributed by atoms with E-state index in [0.717, 1.165) is 11.1 Å². The van der Waals surface area contributed by atoms with Crippen molar-refractivity contribution in [3.05, 3.63) is 101 Å². The number of anilines is 1. The van der Waals surface area contributed by atoms with Crippen molar-refractivity contribution in [1.82, 2.24) is 10.9 Å². The standard InChI is InChI=1S/C23H21N3O3/c1-16-7-9-18(10-8-16)22(28)25-26-23(29)19-11-13-20(14-12-19)24-21(27)15-17-5-3-2-4-6-17/h2-14H,15H2,1H3,(H,24,27)(H,25,28)(H,26,29). The first-order chi connectivity index (χ1) is 14.0. The Kier molecular flexibility index (Phi) is 6.37. The third-order valence-electron chi connectivity index (χ3n) is 4.24. The van der Waals surface area contributed by atoms with Crippen LogP contribution in [0, 0.1) is 6.92 Å². The van der Waals surface area contributed by atoms with Crippen LogP contribution in [0.1, 0.15) is 31.8 Å². The summed E-state index contributed by atoms with van der Waals surface area (Å²) in [5.74, 6) is -0.991. The van der Waals surface area contributed by atoms with Crippen molar-refractivity contribution in [2.75, 3.05) is 5.32 Å². The number of carbonyl (C=O) groups excluding carboxylic acids is 3. The number of hydrogen-bond donors (Lipinski definition) is 3. The van der Waals surface area contributed by atoms with Crippen LogP contribution in [0.2, 0.25) is 0 Å². The van der Waals surface area contributed by atoms with E-state index >= 15 is 0 Å². The lowest BCUT2D eigenvalue weighted by molar-refractivity contribution is -0.115. The van der Waals surface area contributed by atoms with E-state index in [0.29, 0.717) is 16.8 Å². The van der Waals surface area contributed by atoms with E-state index in [1.165, 1.54) is 0 Å². The molecule has 29 heavy (non-hydrogen) atoms. The quantitative estimate of drug-likeness (QED) is 0.587. The molecule has 0 saturated carbocycles. The first-order valence-corrected chi connectivity index (χ1v) is 9.12. The van der Waals surface area contributed by atoms with Crippen LogP contribution >= 0.6 is 0 Å². The maximum absolute atomic E-state index is 12.2. The first-order valence-electron chi connectivity index (χ1n) is 9.12. The second-order valence-corrected chi connectivity index (χ2v) is 6.56. The first kappa shape index (κ1) is 19.8. The lowest BCUT2D eigenvalue weighted by atomic mass is 10.1. The smallest absolute Gasteiger partial charge is 0.269 e. The van der Waals surface area contributed by atoms with Crippen LogP contribution in [0.25, 0.3) is 0 Å². The van der Waals surface area contributed by atoms with Crippen LogP contribution in [-0.4, -0.2) is 17.7 Å². The van der Waals surface area contributed by atoms with Crippen molar-refractivity contribution in [1.29, 1.82) is 0 Å². The Morgan fingerprint density at radius 1 is 0.690 bits per heavy atom. The zero-order valence-electron chi connectivity index (χ0n) is 15.9. The minimum absolute atomic E-state index is 0.140. The summed E-state index contributed by atoms with van der Waals surface area (Å²) in [7, 11) is 0. The van der Waals surface area contributed by atoms with Gasteiger partial charge in [-0.05, 0) is 48.9 Å². The summed E-state index contributed by atoms with van der Waals surface area (Å²) in [5, 5.41) is 2.79. The van der Waals surface area contributed by atoms with Gasteiger partial charge in [-0.15, -0.1) is 0 Å². The van der Waals surface area contributed by atoms with Crippen LogP contribution in [0.4, 0.5) is 5.69 Å². The molecule has 0 spiro atoms. The van der Waals surface area contributed by atoms with Crippen LogP contribution in [0.15, 0.2) is 78.9 Å². The third-order valence-corrected chi connectivity index (χ3v) is 4.24. The lowest BCUT2D eigenvalue weighted by Gasteiger charge is -2.09. The Labute approximate surface area is 168 Å². The summed E-state index contributed by atoms with van der Waals surface area (Å²) in [4.78, 5) is 36.3. The molecule has 0 aliphatic heterocycles. The SMILES string of the molecule is Cc1ccc(C(=O)NNC(=O)c2ccc(NC(=O)Cc3ccccc3)cc2)cc1. The van der Waals surface area contributed by atoms with E-state index in [1.54, 1.807) is 36.4 Å². The molecule has 0 aliphatic carbocycles. The molecule has 3 rings (SSSR count). The van der Waals surface area contributed by atoms with E-state index in [9.17, 15) is 14.4 Å². The molecule has 6 nitrogen and oxygen atoms in total. The van der Waals surface area contributed by atoms with Crippen molar-refractivity contribution in [2.24, 2.45) is 0 Å². The molecule has 3 aromatic rings. The second-order valence-electron chi connectivity index (χ2n) is 6.56. The number of aryl methyl sites for hydroxylation is 1. The molecule has 0 saturated heterocycles. The van der Waals surface area contributed by atoms with Gasteiger partial charge < -0.3 is 5.32 Å². The highest BCUT2D eigenvalue weighted by Crippen LogP contribution is 2.11. The topological polar surface area (TPSA) is 87.3 Å². The zero-order valence-corrected chi connectivity index (χ0v) is 15.9. The van der Waals surface area contributed by atoms with Crippen molar-refractivity contribution in [3.63, 3.8) is 0 Å². The van der Waals surface area contributed by atoms with Gasteiger partial charge in [0.15, 0.2) is 0 Å². The van der Waals surface area contributed by atoms with Crippen molar-refractivity contribution in [2.45, 2.75) is 13.3 Å². The number of nitrogens with one attached hydrogen (secondary N) is 3. The van der Waals surface area contributed by atoms with Gasteiger partial charge in [0.05, 0.1) is 6.42 Å². The van der Waals surface area contributed by atoms with E-state index < -0.39 is 11.8 Å². The Hall–Kier alpha value is -3.93. The van der Waals surface area contributed by atoms with Gasteiger partial charge in [-0.25, -0.2) is 0 Å². The van der Waals surface area contributed by atoms with Gasteiger partial charge >= 0.3 is 0 Å². The fraction of sp³-hybridized carbons (Fsp3) is 0.0870. The van der Waals surface area contributed by atoms with Crippen LogP contribution in [-0.2, 0) is 11.2 Å². The van der Waals surface area contributed by atoms with Gasteiger partial charge in [0.2, 0.25) is 5.91 Å². The molecule has 0 aliphatic rings. The molecule has 6 heteroatoms. The van der Waals surface area contributed by atoms with Crippen LogP contribution in [0.5, 0.6) is 0 Å². The highest BCUT2D eigenvalue weighted by molar-refractivity contribution is 5.99. The minimum Gasteiger partial charge on any atom is -0.326 e. The molecular formula is C23H21N3O3. The average molecular weight is 387 g/mol. The maximum Gasteiger partial charge on any atom is 0.269 e. The van der Waals surface area contributed by atoms with Crippen LogP contribution < -0.4 is 16.2 Å². The van der Waals surface area contributed by atoms with Gasteiger partial charge in [0, 0.05) is 16.8 Å². The molecule has 3 aromatic carbocycles. The van der Waals surface area contributed by atoms with Crippen molar-refractivity contribution >= 4 is 23.4 Å². The molecule has 146 valence electrons. The fourth-order valence-electron chi connectivity index (χ4n) is 2.65. The normalized spacial score (nSPS) is 10.1. The average Bonchev–Trinajstić information content (AvgIpc) is 2.73. The molecule has 0 bridgehead atoms. The highest BCUT2D eigenvalue weighted by Gasteiger charge is 2.10. The Balaban J connectivity index is 1.51. The van der Waals surface area contributed by atoms with E-state index in [1.807, 2.05) is 49.4 Å². The number of hydrogen-bond acceptors (Lipinski definition) is 3. The number of carbonyl (C=O) groups is 3. The molecular weight excluding hydrogens is 366 g/mol. The highest BCUT2D eigenvalue weighted by atomic mass is 16.2. The van der Waals surface area contributed by atoms with Gasteiger partial charge in [-0.1, -0.05) is 48.0 Å². The molecule has 0 aromatic heterocycles. The van der Waals surface area contributed by atoms with Crippen LogP contribution in [0.3, 0.4) is 0 Å². The summed E-state index contributed by atoms with van der Waals surface area (Å²) in [6.07, 6.45) is 0.272. The molecule has 3 N–H and O–H groups in total. The summed E-state index contributed by atoms with van der Waals surface area (Å²) in [6.45, 7) is 1.93. The number of amides is 3. The molecule has 0 radical (unpaired) electrons. The van der Waals surface area contributed by atoms with E-state index in [2.05, 4.69) is 16.2 Å². The molecule has 0 heterocycles. The minimum atomic E-state index is -0.451. The number of benzene rings is 3. The summed E-state index contributed by atoms with van der Waals surface area (Å²) < 4.78 is 0. The maximum atomic E-state index is 12.2. The summed E-state index contributed by atoms with van der Waals surface area (Å²) in [5.41, 5.74) is 8.12. The molecule has 0 unspecified atom stereocenters. The monoisotopic (exact) mass is 387 g/mol. The zero-order chi connectivity index (χ0) is 20.6.